The van der Waals surface area contributed by atoms with Gasteiger partial charge in [0, 0.05) is 0 Å². The van der Waals surface area contributed by atoms with Gasteiger partial charge >= 0.3 is 231 Å². The number of rotatable bonds is 8. The maximum atomic E-state index is 14.6. The quantitative estimate of drug-likeness (QED) is 0.228. The second-order valence-corrected chi connectivity index (χ2v) is 16.3. The first kappa shape index (κ1) is 27.3. The van der Waals surface area contributed by atoms with Crippen LogP contribution in [-0.4, -0.2) is 26.7 Å². The van der Waals surface area contributed by atoms with E-state index in [2.05, 4.69) is 0 Å². The van der Waals surface area contributed by atoms with Crippen LogP contribution < -0.4 is 21.2 Å². The zero-order chi connectivity index (χ0) is 27.4. The van der Waals surface area contributed by atoms with Gasteiger partial charge in [0.05, 0.1) is 0 Å². The monoisotopic (exact) mass is 560 g/mol. The molecule has 39 heavy (non-hydrogen) atoms. The standard InChI is InChI=1S/C32H33O5PS/c1-36-32(33)26-15-14-24-31(25-26)39(34,35)37-38(27-16-6-2-7-17-27,28-18-8-3-9-19-28,29-20-10-4-11-21-29)30-22-12-5-13-23-30/h2-13,16-23,26,31H,14-15,24-25H2,1H3. The summed E-state index contributed by atoms with van der Waals surface area (Å²) in [7, 11) is -2.87. The van der Waals surface area contributed by atoms with E-state index in [1.54, 1.807) is 0 Å². The molecule has 0 aromatic heterocycles. The summed E-state index contributed by atoms with van der Waals surface area (Å²) in [6.45, 7) is -4.37. The van der Waals surface area contributed by atoms with Crippen LogP contribution in [0.5, 0.6) is 0 Å². The summed E-state index contributed by atoms with van der Waals surface area (Å²) in [5, 5.41) is 2.32. The van der Waals surface area contributed by atoms with Gasteiger partial charge in [-0.05, 0) is 0 Å². The van der Waals surface area contributed by atoms with Gasteiger partial charge < -0.3 is 0 Å². The van der Waals surface area contributed by atoms with Crippen LogP contribution in [0.25, 0.3) is 0 Å². The second kappa shape index (κ2) is 11.1. The zero-order valence-corrected chi connectivity index (χ0v) is 23.6. The summed E-state index contributed by atoms with van der Waals surface area (Å²) in [6, 6.07) is 38.9. The SMILES string of the molecule is COC(=O)C1CCCC(S(=O)(=O)OP(c2ccccc2)(c2ccccc2)(c2ccccc2)c2ccccc2)C1. The fourth-order valence-corrected chi connectivity index (χ4v) is 15.2. The van der Waals surface area contributed by atoms with Gasteiger partial charge in [-0.1, -0.05) is 0 Å². The summed E-state index contributed by atoms with van der Waals surface area (Å²) >= 11 is 0. The molecule has 0 spiro atoms. The van der Waals surface area contributed by atoms with Crippen LogP contribution in [0, 0.1) is 5.92 Å². The molecule has 0 radical (unpaired) electrons. The van der Waals surface area contributed by atoms with E-state index >= 15 is 0 Å². The summed E-state index contributed by atoms with van der Waals surface area (Å²) in [5.41, 5.74) is 0. The second-order valence-electron chi connectivity index (χ2n) is 9.95. The Hall–Kier alpha value is -3.31. The Kier molecular flexibility index (Phi) is 7.73. The number of carbonyl (C=O) groups is 1. The van der Waals surface area contributed by atoms with Crippen molar-refractivity contribution in [3.63, 3.8) is 0 Å². The molecule has 0 amide bonds. The van der Waals surface area contributed by atoms with Crippen molar-refractivity contribution in [2.24, 2.45) is 5.92 Å². The minimum atomic E-state index is -4.37. The molecular formula is C32H33O5PS. The van der Waals surface area contributed by atoms with E-state index in [4.69, 9.17) is 8.71 Å². The van der Waals surface area contributed by atoms with E-state index in [0.29, 0.717) is 19.3 Å². The number of esters is 1. The van der Waals surface area contributed by atoms with Gasteiger partial charge in [0.15, 0.2) is 0 Å². The Labute approximate surface area is 230 Å². The van der Waals surface area contributed by atoms with Gasteiger partial charge in [0.25, 0.3) is 0 Å². The predicted molar refractivity (Wildman–Crippen MR) is 159 cm³/mol. The van der Waals surface area contributed by atoms with Gasteiger partial charge in [-0.15, -0.1) is 0 Å². The van der Waals surface area contributed by atoms with E-state index in [-0.39, 0.29) is 12.4 Å². The molecule has 202 valence electrons. The molecule has 1 aliphatic carbocycles. The first-order valence-corrected chi connectivity index (χ1v) is 16.8. The van der Waals surface area contributed by atoms with Crippen molar-refractivity contribution in [3.05, 3.63) is 121 Å². The molecule has 4 aromatic rings. The van der Waals surface area contributed by atoms with Crippen molar-refractivity contribution in [1.29, 1.82) is 0 Å². The van der Waals surface area contributed by atoms with E-state index in [1.807, 2.05) is 121 Å². The number of carbonyl (C=O) groups excluding carboxylic acids is 1. The molecular weight excluding hydrogens is 527 g/mol. The van der Waals surface area contributed by atoms with Crippen LogP contribution in [0.1, 0.15) is 25.7 Å². The van der Waals surface area contributed by atoms with Crippen LogP contribution in [0.4, 0.5) is 0 Å². The van der Waals surface area contributed by atoms with Gasteiger partial charge in [-0.3, -0.25) is 0 Å². The molecule has 1 aliphatic rings. The molecule has 7 heteroatoms. The van der Waals surface area contributed by atoms with Crippen molar-refractivity contribution in [3.8, 4) is 0 Å². The van der Waals surface area contributed by atoms with Gasteiger partial charge in [0.1, 0.15) is 0 Å². The first-order chi connectivity index (χ1) is 18.9. The summed E-state index contributed by atoms with van der Waals surface area (Å²) < 4.78 is 41.2. The van der Waals surface area contributed by atoms with Gasteiger partial charge in [-0.2, -0.15) is 0 Å². The van der Waals surface area contributed by atoms with E-state index in [1.165, 1.54) is 7.11 Å². The Morgan fingerprint density at radius 1 is 0.667 bits per heavy atom. The topological polar surface area (TPSA) is 69.7 Å². The van der Waals surface area contributed by atoms with E-state index < -0.39 is 28.1 Å². The molecule has 2 atom stereocenters. The van der Waals surface area contributed by atoms with Gasteiger partial charge in [-0.25, -0.2) is 0 Å². The Balaban J connectivity index is 1.86. The zero-order valence-electron chi connectivity index (χ0n) is 21.9. The molecule has 1 saturated carbocycles. The van der Waals surface area contributed by atoms with Crippen molar-refractivity contribution in [2.45, 2.75) is 30.9 Å². The first-order valence-electron chi connectivity index (χ1n) is 13.2. The summed E-state index contributed by atoms with van der Waals surface area (Å²) in [5.74, 6) is -0.843. The molecule has 5 rings (SSSR count). The van der Waals surface area contributed by atoms with Crippen molar-refractivity contribution in [1.82, 2.24) is 0 Å². The fraction of sp³-hybridized carbons (Fsp3) is 0.219. The van der Waals surface area contributed by atoms with E-state index in [0.717, 1.165) is 21.2 Å². The van der Waals surface area contributed by atoms with Gasteiger partial charge in [0.2, 0.25) is 0 Å². The number of benzene rings is 4. The molecule has 2 unspecified atom stereocenters. The van der Waals surface area contributed by atoms with Crippen LogP contribution in [0.3, 0.4) is 0 Å². The van der Waals surface area contributed by atoms with Crippen molar-refractivity contribution < 1.29 is 21.9 Å². The molecule has 0 N–H and O–H groups in total. The molecule has 1 fully saturated rings. The van der Waals surface area contributed by atoms with E-state index in [9.17, 15) is 13.2 Å². The Morgan fingerprint density at radius 2 is 1.05 bits per heavy atom. The Morgan fingerprint density at radius 3 is 1.41 bits per heavy atom. The third-order valence-corrected chi connectivity index (χ3v) is 16.2. The van der Waals surface area contributed by atoms with Crippen molar-refractivity contribution >= 4 is 44.1 Å². The molecule has 0 saturated heterocycles. The van der Waals surface area contributed by atoms with Crippen LogP contribution >= 0.6 is 6.83 Å². The van der Waals surface area contributed by atoms with Crippen LogP contribution in [0.15, 0.2) is 121 Å². The predicted octanol–water partition coefficient (Wildman–Crippen LogP) is 4.83. The number of methoxy groups -OCH3 is 1. The average Bonchev–Trinajstić information content (AvgIpc) is 3.01. The number of ether oxygens (including phenoxy) is 1. The minimum absolute atomic E-state index is 0.175. The Bertz CT molecular complexity index is 1340. The molecule has 4 aromatic carbocycles. The number of hydrogen-bond donors (Lipinski definition) is 0. The van der Waals surface area contributed by atoms with Crippen LogP contribution in [0.2, 0.25) is 0 Å². The molecule has 0 bridgehead atoms. The fourth-order valence-electron chi connectivity index (χ4n) is 5.97. The molecule has 0 aliphatic heterocycles. The summed E-state index contributed by atoms with van der Waals surface area (Å²) in [6.07, 6.45) is 1.82. The molecule has 0 heterocycles. The summed E-state index contributed by atoms with van der Waals surface area (Å²) in [4.78, 5) is 12.4. The molecule has 5 nitrogen and oxygen atoms in total. The third kappa shape index (κ3) is 4.61. The number of hydrogen-bond acceptors (Lipinski definition) is 5. The van der Waals surface area contributed by atoms with Crippen molar-refractivity contribution in [2.75, 3.05) is 7.11 Å². The third-order valence-electron chi connectivity index (χ3n) is 7.82. The van der Waals surface area contributed by atoms with Crippen LogP contribution in [-0.2, 0) is 23.6 Å². The normalized spacial score (nSPS) is 18.9. The maximum absolute atomic E-state index is 14.6. The average molecular weight is 561 g/mol.